The molecular weight excluding hydrogens is 310 g/mol. The Hall–Kier alpha value is -3.09. The van der Waals surface area contributed by atoms with E-state index in [9.17, 15) is 14.7 Å². The van der Waals surface area contributed by atoms with Crippen molar-refractivity contribution in [3.05, 3.63) is 52.3 Å². The number of hydrogen-bond acceptors (Lipinski definition) is 5. The molecule has 0 radical (unpaired) electrons. The molecule has 0 saturated heterocycles. The quantitative estimate of drug-likeness (QED) is 0.445. The minimum absolute atomic E-state index is 0.123. The number of hydrogen-bond donors (Lipinski definition) is 3. The lowest BCUT2D eigenvalue weighted by molar-refractivity contribution is 0.0524. The van der Waals surface area contributed by atoms with Gasteiger partial charge in [0.2, 0.25) is 0 Å². The van der Waals surface area contributed by atoms with Crippen LogP contribution in [0.4, 0.5) is 0 Å². The number of hydrazone groups is 1. The molecular formula is C17H19N3O4. The standard InChI is InChI=1S/C17H19N3O4/c1-4-24-17(23)15-10(2)13(19-11(15)3)9-18-20-16(22)12-7-5-6-8-14(12)21/h5-9,19,21H,4H2,1-3H3,(H,20,22)/b18-9+. The molecule has 0 atom stereocenters. The highest BCUT2D eigenvalue weighted by Crippen LogP contribution is 2.18. The zero-order chi connectivity index (χ0) is 17.7. The Balaban J connectivity index is 2.13. The highest BCUT2D eigenvalue weighted by molar-refractivity contribution is 5.98. The van der Waals surface area contributed by atoms with Crippen molar-refractivity contribution >= 4 is 18.1 Å². The minimum atomic E-state index is -0.532. The summed E-state index contributed by atoms with van der Waals surface area (Å²) in [5.41, 5.74) is 4.87. The van der Waals surface area contributed by atoms with Crippen LogP contribution in [0.2, 0.25) is 0 Å². The Morgan fingerprint density at radius 1 is 1.33 bits per heavy atom. The van der Waals surface area contributed by atoms with Crippen molar-refractivity contribution in [1.82, 2.24) is 10.4 Å². The number of nitrogens with zero attached hydrogens (tertiary/aromatic N) is 1. The number of aromatic amines is 1. The van der Waals surface area contributed by atoms with Gasteiger partial charge in [-0.1, -0.05) is 12.1 Å². The molecule has 0 unspecified atom stereocenters. The van der Waals surface area contributed by atoms with Gasteiger partial charge < -0.3 is 14.8 Å². The number of phenolic OH excluding ortho intramolecular Hbond substituents is 1. The molecule has 2 aromatic rings. The molecule has 2 rings (SSSR count). The summed E-state index contributed by atoms with van der Waals surface area (Å²) in [5, 5.41) is 13.5. The molecule has 1 aromatic heterocycles. The third-order valence-corrected chi connectivity index (χ3v) is 3.46. The monoisotopic (exact) mass is 329 g/mol. The fourth-order valence-corrected chi connectivity index (χ4v) is 2.29. The van der Waals surface area contributed by atoms with Crippen LogP contribution in [0.1, 0.15) is 44.6 Å². The Morgan fingerprint density at radius 3 is 2.71 bits per heavy atom. The highest BCUT2D eigenvalue weighted by atomic mass is 16.5. The van der Waals surface area contributed by atoms with Gasteiger partial charge in [0.1, 0.15) is 5.75 Å². The zero-order valence-electron chi connectivity index (χ0n) is 13.7. The molecule has 1 amide bonds. The maximum Gasteiger partial charge on any atom is 0.340 e. The first-order valence-corrected chi connectivity index (χ1v) is 7.43. The van der Waals surface area contributed by atoms with Crippen LogP contribution in [0.15, 0.2) is 29.4 Å². The summed E-state index contributed by atoms with van der Waals surface area (Å²) in [4.78, 5) is 26.9. The average Bonchev–Trinajstić information content (AvgIpc) is 2.82. The van der Waals surface area contributed by atoms with Gasteiger partial charge in [-0.05, 0) is 38.5 Å². The number of ether oxygens (including phenoxy) is 1. The number of aryl methyl sites for hydroxylation is 1. The van der Waals surface area contributed by atoms with E-state index in [4.69, 9.17) is 4.74 Å². The maximum atomic E-state index is 11.9. The number of benzene rings is 1. The van der Waals surface area contributed by atoms with Gasteiger partial charge in [0.25, 0.3) is 5.91 Å². The molecule has 24 heavy (non-hydrogen) atoms. The lowest BCUT2D eigenvalue weighted by Crippen LogP contribution is -2.17. The first-order chi connectivity index (χ1) is 11.5. The number of H-pyrrole nitrogens is 1. The molecule has 0 saturated carbocycles. The third-order valence-electron chi connectivity index (χ3n) is 3.46. The third kappa shape index (κ3) is 3.62. The summed E-state index contributed by atoms with van der Waals surface area (Å²) >= 11 is 0. The molecule has 0 bridgehead atoms. The van der Waals surface area contributed by atoms with Crippen molar-refractivity contribution in [2.24, 2.45) is 5.10 Å². The summed E-state index contributed by atoms with van der Waals surface area (Å²) in [6.45, 7) is 5.56. The van der Waals surface area contributed by atoms with Crippen molar-refractivity contribution in [3.63, 3.8) is 0 Å². The predicted octanol–water partition coefficient (Wildman–Crippen LogP) is 2.28. The number of phenols is 1. The van der Waals surface area contributed by atoms with E-state index in [1.807, 2.05) is 0 Å². The molecule has 0 aliphatic heterocycles. The topological polar surface area (TPSA) is 104 Å². The van der Waals surface area contributed by atoms with Crippen LogP contribution < -0.4 is 5.43 Å². The van der Waals surface area contributed by atoms with Crippen molar-refractivity contribution in [2.75, 3.05) is 6.61 Å². The molecule has 0 aliphatic carbocycles. The van der Waals surface area contributed by atoms with E-state index in [0.717, 1.165) is 0 Å². The highest BCUT2D eigenvalue weighted by Gasteiger charge is 2.18. The van der Waals surface area contributed by atoms with Crippen molar-refractivity contribution in [1.29, 1.82) is 0 Å². The van der Waals surface area contributed by atoms with Gasteiger partial charge in [0.05, 0.1) is 29.6 Å². The minimum Gasteiger partial charge on any atom is -0.507 e. The number of para-hydroxylation sites is 1. The number of aromatic nitrogens is 1. The first kappa shape index (κ1) is 17.3. The number of carbonyl (C=O) groups is 2. The van der Waals surface area contributed by atoms with Gasteiger partial charge in [-0.3, -0.25) is 4.79 Å². The zero-order valence-corrected chi connectivity index (χ0v) is 13.7. The van der Waals surface area contributed by atoms with Crippen LogP contribution in [-0.4, -0.2) is 34.8 Å². The van der Waals surface area contributed by atoms with Gasteiger partial charge in [0.15, 0.2) is 0 Å². The van der Waals surface area contributed by atoms with E-state index >= 15 is 0 Å². The second kappa shape index (κ2) is 7.45. The van der Waals surface area contributed by atoms with Gasteiger partial charge in [0, 0.05) is 5.69 Å². The van der Waals surface area contributed by atoms with Gasteiger partial charge in [-0.2, -0.15) is 5.10 Å². The molecule has 7 nitrogen and oxygen atoms in total. The summed E-state index contributed by atoms with van der Waals surface area (Å²) in [7, 11) is 0. The van der Waals surface area contributed by atoms with Crippen LogP contribution in [-0.2, 0) is 4.74 Å². The van der Waals surface area contributed by atoms with Crippen LogP contribution in [0, 0.1) is 13.8 Å². The van der Waals surface area contributed by atoms with Gasteiger partial charge >= 0.3 is 5.97 Å². The Kier molecular flexibility index (Phi) is 5.36. The fraction of sp³-hybridized carbons (Fsp3) is 0.235. The predicted molar refractivity (Wildman–Crippen MR) is 89.4 cm³/mol. The van der Waals surface area contributed by atoms with E-state index in [0.29, 0.717) is 29.1 Å². The summed E-state index contributed by atoms with van der Waals surface area (Å²) in [6, 6.07) is 6.17. The van der Waals surface area contributed by atoms with Crippen LogP contribution >= 0.6 is 0 Å². The van der Waals surface area contributed by atoms with Crippen LogP contribution in [0.25, 0.3) is 0 Å². The Morgan fingerprint density at radius 2 is 2.04 bits per heavy atom. The molecule has 0 fully saturated rings. The van der Waals surface area contributed by atoms with Gasteiger partial charge in [-0.15, -0.1) is 0 Å². The summed E-state index contributed by atoms with van der Waals surface area (Å²) < 4.78 is 5.02. The maximum absolute atomic E-state index is 11.9. The number of carbonyl (C=O) groups excluding carboxylic acids is 2. The molecule has 1 aromatic carbocycles. The Labute approximate surface area is 139 Å². The van der Waals surface area contributed by atoms with E-state index in [1.165, 1.54) is 18.3 Å². The van der Waals surface area contributed by atoms with E-state index < -0.39 is 11.9 Å². The number of rotatable bonds is 5. The van der Waals surface area contributed by atoms with Crippen LogP contribution in [0.5, 0.6) is 5.75 Å². The molecule has 7 heteroatoms. The second-order valence-corrected chi connectivity index (χ2v) is 5.10. The van der Waals surface area contributed by atoms with Crippen molar-refractivity contribution in [3.8, 4) is 5.75 Å². The summed E-state index contributed by atoms with van der Waals surface area (Å²) in [6.07, 6.45) is 1.41. The lowest BCUT2D eigenvalue weighted by atomic mass is 10.1. The van der Waals surface area contributed by atoms with Crippen molar-refractivity contribution in [2.45, 2.75) is 20.8 Å². The number of aromatic hydroxyl groups is 1. The molecule has 126 valence electrons. The summed E-state index contributed by atoms with van der Waals surface area (Å²) in [5.74, 6) is -1.06. The van der Waals surface area contributed by atoms with Crippen molar-refractivity contribution < 1.29 is 19.4 Å². The van der Waals surface area contributed by atoms with Crippen LogP contribution in [0.3, 0.4) is 0 Å². The Bertz CT molecular complexity index is 793. The van der Waals surface area contributed by atoms with E-state index in [2.05, 4.69) is 15.5 Å². The number of esters is 1. The normalized spacial score (nSPS) is 10.8. The van der Waals surface area contributed by atoms with E-state index in [-0.39, 0.29) is 11.3 Å². The molecule has 0 aliphatic rings. The fourth-order valence-electron chi connectivity index (χ4n) is 2.29. The molecule has 1 heterocycles. The SMILES string of the molecule is CCOC(=O)c1c(C)[nH]c(/C=N/NC(=O)c2ccccc2O)c1C. The molecule has 3 N–H and O–H groups in total. The smallest absolute Gasteiger partial charge is 0.340 e. The average molecular weight is 329 g/mol. The van der Waals surface area contributed by atoms with E-state index in [1.54, 1.807) is 32.9 Å². The number of amides is 1. The second-order valence-electron chi connectivity index (χ2n) is 5.10. The molecule has 0 spiro atoms. The first-order valence-electron chi connectivity index (χ1n) is 7.43. The number of nitrogens with one attached hydrogen (secondary N) is 2. The largest absolute Gasteiger partial charge is 0.507 e. The van der Waals surface area contributed by atoms with Gasteiger partial charge in [-0.25, -0.2) is 10.2 Å². The lowest BCUT2D eigenvalue weighted by Gasteiger charge is -2.02.